The second-order valence-corrected chi connectivity index (χ2v) is 20.5. The first-order valence-electron chi connectivity index (χ1n) is 25.0. The number of rotatable bonds is 14. The van der Waals surface area contributed by atoms with Crippen LogP contribution in [-0.2, 0) is 28.4 Å². The predicted octanol–water partition coefficient (Wildman–Crippen LogP) is 5.57. The van der Waals surface area contributed by atoms with Gasteiger partial charge in [-0.3, -0.25) is 9.59 Å². The zero-order valence-corrected chi connectivity index (χ0v) is 45.1. The van der Waals surface area contributed by atoms with Crippen molar-refractivity contribution in [2.75, 3.05) is 24.9 Å². The lowest BCUT2D eigenvalue weighted by atomic mass is 9.89. The molecule has 25 heteroatoms. The van der Waals surface area contributed by atoms with Crippen molar-refractivity contribution in [1.29, 1.82) is 0 Å². The number of carbonyl (C=O) groups excluding carboxylic acids is 4. The van der Waals surface area contributed by atoms with Gasteiger partial charge in [-0.2, -0.15) is 0 Å². The molecule has 9 N–H and O–H groups in total. The summed E-state index contributed by atoms with van der Waals surface area (Å²) in [6, 6.07) is 11.9. The van der Waals surface area contributed by atoms with Gasteiger partial charge in [-0.1, -0.05) is 0 Å². The molecule has 0 saturated carbocycles. The van der Waals surface area contributed by atoms with E-state index in [1.807, 2.05) is 0 Å². The number of fused-ring (bicyclic) bond motifs is 2. The topological polar surface area (TPSA) is 355 Å². The molecule has 25 nitrogen and oxygen atoms in total. The minimum absolute atomic E-state index is 0.0247. The van der Waals surface area contributed by atoms with Gasteiger partial charge in [-0.25, -0.2) is 19.2 Å². The fourth-order valence-electron chi connectivity index (χ4n) is 10.0. The highest BCUT2D eigenvalue weighted by atomic mass is 16.7. The quantitative estimate of drug-likeness (QED) is 0.0474. The summed E-state index contributed by atoms with van der Waals surface area (Å²) in [5, 5.41) is 50.4. The third-order valence-corrected chi connectivity index (χ3v) is 14.2. The number of aromatic hydroxyl groups is 2. The van der Waals surface area contributed by atoms with Gasteiger partial charge in [0, 0.05) is 42.9 Å². The Hall–Kier alpha value is -8.46. The number of ether oxygens (including phenoxy) is 8. The molecular formula is C55H59N5O20. The van der Waals surface area contributed by atoms with Gasteiger partial charge in [-0.15, -0.1) is 0 Å². The van der Waals surface area contributed by atoms with E-state index < -0.39 is 118 Å². The summed E-state index contributed by atoms with van der Waals surface area (Å²) in [6.45, 7) is 14.6. The number of H-pyrrole nitrogens is 3. The molecule has 7 aromatic rings. The molecule has 80 heavy (non-hydrogen) atoms. The number of amides is 2. The van der Waals surface area contributed by atoms with Gasteiger partial charge in [0.25, 0.3) is 11.8 Å². The van der Waals surface area contributed by atoms with Crippen molar-refractivity contribution in [3.63, 3.8) is 0 Å². The smallest absolute Gasteiger partial charge is 0.364 e. The van der Waals surface area contributed by atoms with E-state index in [1.165, 1.54) is 71.4 Å². The van der Waals surface area contributed by atoms with Crippen LogP contribution >= 0.6 is 0 Å². The number of nitrogens with one attached hydrogen (secondary N) is 5. The monoisotopic (exact) mass is 1110 g/mol. The summed E-state index contributed by atoms with van der Waals surface area (Å²) < 4.78 is 58.3. The van der Waals surface area contributed by atoms with Gasteiger partial charge >= 0.3 is 23.2 Å². The van der Waals surface area contributed by atoms with E-state index in [4.69, 9.17) is 46.7 Å². The number of esters is 2. The Morgan fingerprint density at radius 2 is 1.00 bits per heavy atom. The number of aromatic amines is 3. The van der Waals surface area contributed by atoms with Gasteiger partial charge in [0.1, 0.15) is 52.0 Å². The van der Waals surface area contributed by atoms with Crippen molar-refractivity contribution in [3.05, 3.63) is 126 Å². The zero-order chi connectivity index (χ0) is 58.0. The van der Waals surface area contributed by atoms with Crippen molar-refractivity contribution in [1.82, 2.24) is 15.0 Å². The average Bonchev–Trinajstić information content (AvgIpc) is 4.22. The Kier molecular flexibility index (Phi) is 15.0. The van der Waals surface area contributed by atoms with Crippen molar-refractivity contribution in [3.8, 4) is 23.0 Å². The maximum atomic E-state index is 13.7. The van der Waals surface area contributed by atoms with Crippen LogP contribution in [0, 0.1) is 34.6 Å². The Balaban J connectivity index is 0.890. The molecular weight excluding hydrogens is 1050 g/mol. The van der Waals surface area contributed by atoms with E-state index in [-0.39, 0.29) is 72.8 Å². The first kappa shape index (κ1) is 56.3. The van der Waals surface area contributed by atoms with Crippen LogP contribution in [0.1, 0.15) is 97.6 Å². The molecule has 1 unspecified atom stereocenters. The summed E-state index contributed by atoms with van der Waals surface area (Å²) in [6.07, 6.45) is -9.34. The number of anilines is 2. The molecule has 5 aromatic heterocycles. The molecule has 9 rings (SSSR count). The molecule has 424 valence electrons. The van der Waals surface area contributed by atoms with Gasteiger partial charge in [0.05, 0.1) is 27.5 Å². The van der Waals surface area contributed by atoms with Crippen LogP contribution in [0.4, 0.5) is 11.4 Å². The summed E-state index contributed by atoms with van der Waals surface area (Å²) in [5.74, 6) is -4.71. The molecule has 0 spiro atoms. The Labute approximate surface area is 454 Å². The van der Waals surface area contributed by atoms with E-state index in [0.29, 0.717) is 11.4 Å². The number of aromatic nitrogens is 3. The molecule has 2 fully saturated rings. The highest BCUT2D eigenvalue weighted by Crippen LogP contribution is 2.41. The molecule has 2 saturated heterocycles. The second-order valence-electron chi connectivity index (χ2n) is 20.5. The lowest BCUT2D eigenvalue weighted by Crippen LogP contribution is -2.65. The average molecular weight is 1110 g/mol. The second kappa shape index (κ2) is 21.3. The molecule has 0 aliphatic carbocycles. The Bertz CT molecular complexity index is 3480. The molecule has 2 aromatic carbocycles. The van der Waals surface area contributed by atoms with Crippen LogP contribution in [-0.4, -0.2) is 134 Å². The largest absolute Gasteiger partial charge is 0.505 e. The fourth-order valence-corrected chi connectivity index (χ4v) is 10.0. The van der Waals surface area contributed by atoms with E-state index in [2.05, 4.69) is 25.6 Å². The zero-order valence-electron chi connectivity index (χ0n) is 45.1. The Morgan fingerprint density at radius 1 is 0.588 bits per heavy atom. The predicted molar refractivity (Wildman–Crippen MR) is 281 cm³/mol. The Morgan fingerprint density at radius 3 is 1.39 bits per heavy atom. The maximum absolute atomic E-state index is 13.7. The van der Waals surface area contributed by atoms with E-state index in [9.17, 15) is 49.2 Å². The van der Waals surface area contributed by atoms with E-state index in [1.54, 1.807) is 53.7 Å². The highest BCUT2D eigenvalue weighted by Gasteiger charge is 2.55. The number of carbonyl (C=O) groups is 4. The third-order valence-electron chi connectivity index (χ3n) is 14.2. The first-order chi connectivity index (χ1) is 37.7. The van der Waals surface area contributed by atoms with Crippen LogP contribution < -0.4 is 31.4 Å². The summed E-state index contributed by atoms with van der Waals surface area (Å²) >= 11 is 0. The summed E-state index contributed by atoms with van der Waals surface area (Å²) in [5.41, 5.74) is -4.60. The van der Waals surface area contributed by atoms with Crippen molar-refractivity contribution in [2.45, 2.75) is 123 Å². The molecule has 8 atom stereocenters. The molecule has 2 aliphatic heterocycles. The first-order valence-corrected chi connectivity index (χ1v) is 25.0. The summed E-state index contributed by atoms with van der Waals surface area (Å²) in [7, 11) is 2.76. The molecule has 7 heterocycles. The molecule has 2 aliphatic rings. The minimum Gasteiger partial charge on any atom is -0.505 e. The fraction of sp³-hybridized carbons (Fsp3) is 0.382. The number of aryl methyl sites for hydroxylation is 4. The number of hydrogen-bond donors (Lipinski definition) is 9. The van der Waals surface area contributed by atoms with E-state index in [0.717, 1.165) is 6.20 Å². The molecule has 0 bridgehead atoms. The normalized spacial score (nSPS) is 22.4. The van der Waals surface area contributed by atoms with Crippen LogP contribution in [0.25, 0.3) is 21.9 Å². The van der Waals surface area contributed by atoms with Crippen molar-refractivity contribution in [2.24, 2.45) is 0 Å². The van der Waals surface area contributed by atoms with Gasteiger partial charge in [0.15, 0.2) is 47.3 Å². The van der Waals surface area contributed by atoms with Crippen LogP contribution in [0.5, 0.6) is 23.0 Å². The standard InChI is InChI=1S/C55H59N5O20/c1-21-12-16-29(57-21)48(67)77-42-38(63)52(79-54(6,7)44(42)71-10)73-31-18-14-26-36(61)34(50(69)75-40(26)24(31)4)59-46(65)28-20-56-33(23(28)3)47(66)60-35-37(62)27-15-19-32(25(5)41(27)76-51(35)70)74-53-39(64)43(45(72-11)55(8,9)80-53)78-49(68)30-17-13-22(2)58-30/h12-20,38-39,42-45,52-53,56-58,61-64H,1-11H3,(H,59,65)(H,60,66)/t38-,39-,42+,43+,44-,45?,52+,53+/m0/s1. The van der Waals surface area contributed by atoms with Crippen molar-refractivity contribution < 1.29 is 86.3 Å². The minimum atomic E-state index is -1.59. The van der Waals surface area contributed by atoms with Gasteiger partial charge in [0.2, 0.25) is 12.6 Å². The van der Waals surface area contributed by atoms with Crippen LogP contribution in [0.2, 0.25) is 0 Å². The van der Waals surface area contributed by atoms with E-state index >= 15 is 0 Å². The molecule has 0 radical (unpaired) electrons. The summed E-state index contributed by atoms with van der Waals surface area (Å²) in [4.78, 5) is 89.0. The van der Waals surface area contributed by atoms with Crippen LogP contribution in [0.15, 0.2) is 73.2 Å². The number of benzene rings is 2. The number of methoxy groups -OCH3 is 2. The third kappa shape index (κ3) is 10.2. The maximum Gasteiger partial charge on any atom is 0.364 e. The van der Waals surface area contributed by atoms with Gasteiger partial charge in [-0.05, 0) is 116 Å². The van der Waals surface area contributed by atoms with Crippen molar-refractivity contribution >= 4 is 57.1 Å². The number of hydrogen-bond acceptors (Lipinski definition) is 20. The van der Waals surface area contributed by atoms with Crippen LogP contribution in [0.3, 0.4) is 0 Å². The number of aliphatic hydroxyl groups is 2. The highest BCUT2D eigenvalue weighted by molar-refractivity contribution is 6.12. The lowest BCUT2D eigenvalue weighted by Gasteiger charge is -2.47. The lowest BCUT2D eigenvalue weighted by molar-refractivity contribution is -0.305. The molecule has 2 amide bonds. The van der Waals surface area contributed by atoms with Gasteiger partial charge < -0.3 is 92.7 Å². The number of aliphatic hydroxyl groups excluding tert-OH is 2. The SMILES string of the molecule is COC1[C@H](OC(=O)c2ccc(C)[nH]2)[C@H](O)[C@H](Oc2ccc3c(O)c(NC(=O)c4[nH]cc(C(=O)Nc5c(O)c6ccc(O[C@@H]7OC(C)(C)[C@@H](OC)[C@H](OC(=O)c8ccc(C)[nH]8)[C@@H]7O)c(C)c6oc5=O)c4C)c(=O)oc3c2C)OC1(C)C.